The molecule has 1 rings (SSSR count). The zero-order valence-corrected chi connectivity index (χ0v) is 10.4. The van der Waals surface area contributed by atoms with Gasteiger partial charge in [0.1, 0.15) is 0 Å². The second kappa shape index (κ2) is 6.23. The van der Waals surface area contributed by atoms with Crippen molar-refractivity contribution in [3.63, 3.8) is 0 Å². The average Bonchev–Trinajstić information content (AvgIpc) is 2.26. The lowest BCUT2D eigenvalue weighted by Gasteiger charge is -2.07. The van der Waals surface area contributed by atoms with Crippen molar-refractivity contribution in [3.05, 3.63) is 29.8 Å². The van der Waals surface area contributed by atoms with Crippen LogP contribution >= 0.6 is 0 Å². The predicted octanol–water partition coefficient (Wildman–Crippen LogP) is 1.06. The summed E-state index contributed by atoms with van der Waals surface area (Å²) in [4.78, 5) is 0. The molecule has 0 aromatic heterocycles. The number of benzene rings is 1. The Kier molecular flexibility index (Phi) is 4.94. The van der Waals surface area contributed by atoms with Crippen molar-refractivity contribution in [3.8, 4) is 6.07 Å². The van der Waals surface area contributed by atoms with Crippen LogP contribution in [0.25, 0.3) is 0 Å². The molecule has 1 aromatic carbocycles. The summed E-state index contributed by atoms with van der Waals surface area (Å²) in [7, 11) is -3.55. The molecule has 0 radical (unpaired) electrons. The molecule has 5 nitrogen and oxygen atoms in total. The molecule has 0 saturated heterocycles. The quantitative estimate of drug-likeness (QED) is 0.794. The molecule has 0 fully saturated rings. The normalized spacial score (nSPS) is 10.8. The van der Waals surface area contributed by atoms with Gasteiger partial charge in [-0.3, -0.25) is 4.72 Å². The van der Waals surface area contributed by atoms with E-state index in [1.165, 1.54) is 0 Å². The van der Waals surface area contributed by atoms with Gasteiger partial charge < -0.3 is 5.32 Å². The van der Waals surface area contributed by atoms with Crippen LogP contribution < -0.4 is 10.0 Å². The predicted molar refractivity (Wildman–Crippen MR) is 66.8 cm³/mol. The fourth-order valence-electron chi connectivity index (χ4n) is 1.31. The van der Waals surface area contributed by atoms with E-state index in [1.807, 2.05) is 13.0 Å². The second-order valence-corrected chi connectivity index (χ2v) is 5.22. The summed E-state index contributed by atoms with van der Waals surface area (Å²) in [6, 6.07) is 8.70. The van der Waals surface area contributed by atoms with E-state index in [4.69, 9.17) is 5.26 Å². The maximum absolute atomic E-state index is 11.4. The Morgan fingerprint density at radius 1 is 1.41 bits per heavy atom. The summed E-state index contributed by atoms with van der Waals surface area (Å²) < 4.78 is 25.1. The summed E-state index contributed by atoms with van der Waals surface area (Å²) in [6.45, 7) is 3.54. The Hall–Kier alpha value is -1.58. The first-order valence-corrected chi connectivity index (χ1v) is 6.89. The molecule has 0 aliphatic carbocycles. The third kappa shape index (κ3) is 4.85. The van der Waals surface area contributed by atoms with E-state index in [0.29, 0.717) is 12.2 Å². The minimum Gasteiger partial charge on any atom is -0.313 e. The molecule has 17 heavy (non-hydrogen) atoms. The number of anilines is 1. The molecule has 0 aliphatic heterocycles. The van der Waals surface area contributed by atoms with Crippen LogP contribution in [-0.4, -0.2) is 20.7 Å². The van der Waals surface area contributed by atoms with E-state index in [1.54, 1.807) is 24.3 Å². The van der Waals surface area contributed by atoms with Crippen molar-refractivity contribution in [2.24, 2.45) is 0 Å². The molecule has 2 N–H and O–H groups in total. The maximum atomic E-state index is 11.4. The van der Waals surface area contributed by atoms with E-state index < -0.39 is 15.8 Å². The van der Waals surface area contributed by atoms with Crippen LogP contribution in [0.3, 0.4) is 0 Å². The van der Waals surface area contributed by atoms with E-state index in [0.717, 1.165) is 12.1 Å². The molecule has 0 unspecified atom stereocenters. The van der Waals surface area contributed by atoms with Gasteiger partial charge in [-0.25, -0.2) is 8.42 Å². The van der Waals surface area contributed by atoms with Gasteiger partial charge in [0.25, 0.3) is 0 Å². The number of nitriles is 1. The first kappa shape index (κ1) is 13.5. The van der Waals surface area contributed by atoms with Gasteiger partial charge in [-0.15, -0.1) is 0 Å². The zero-order chi connectivity index (χ0) is 12.7. The van der Waals surface area contributed by atoms with Crippen molar-refractivity contribution in [1.82, 2.24) is 5.32 Å². The van der Waals surface area contributed by atoms with Gasteiger partial charge in [0, 0.05) is 12.2 Å². The average molecular weight is 253 g/mol. The van der Waals surface area contributed by atoms with Crippen LogP contribution in [-0.2, 0) is 16.6 Å². The smallest absolute Gasteiger partial charge is 0.246 e. The van der Waals surface area contributed by atoms with Gasteiger partial charge in [0.2, 0.25) is 10.0 Å². The third-order valence-electron chi connectivity index (χ3n) is 2.03. The van der Waals surface area contributed by atoms with E-state index >= 15 is 0 Å². The highest BCUT2D eigenvalue weighted by Gasteiger charge is 2.09. The number of hydrogen-bond acceptors (Lipinski definition) is 4. The number of nitrogens with zero attached hydrogens (tertiary/aromatic N) is 1. The highest BCUT2D eigenvalue weighted by molar-refractivity contribution is 7.92. The van der Waals surface area contributed by atoms with Gasteiger partial charge in [-0.1, -0.05) is 19.1 Å². The van der Waals surface area contributed by atoms with Gasteiger partial charge in [-0.2, -0.15) is 5.26 Å². The largest absolute Gasteiger partial charge is 0.313 e. The van der Waals surface area contributed by atoms with Crippen LogP contribution in [0, 0.1) is 11.3 Å². The number of rotatable bonds is 6. The van der Waals surface area contributed by atoms with Crippen LogP contribution in [0.5, 0.6) is 0 Å². The first-order valence-electron chi connectivity index (χ1n) is 5.24. The highest BCUT2D eigenvalue weighted by atomic mass is 32.2. The molecule has 0 heterocycles. The van der Waals surface area contributed by atoms with Crippen molar-refractivity contribution < 1.29 is 8.42 Å². The Labute approximate surface area is 102 Å². The summed E-state index contributed by atoms with van der Waals surface area (Å²) in [5, 5.41) is 11.5. The molecule has 6 heteroatoms. The molecular formula is C11H15N3O2S. The highest BCUT2D eigenvalue weighted by Crippen LogP contribution is 2.12. The SMILES string of the molecule is CCNCc1cccc(NS(=O)(=O)CC#N)c1. The molecule has 0 bridgehead atoms. The van der Waals surface area contributed by atoms with Crippen molar-refractivity contribution in [2.75, 3.05) is 17.0 Å². The van der Waals surface area contributed by atoms with Crippen molar-refractivity contribution in [1.29, 1.82) is 5.26 Å². The minimum atomic E-state index is -3.55. The Balaban J connectivity index is 2.76. The van der Waals surface area contributed by atoms with Gasteiger partial charge in [0.15, 0.2) is 5.75 Å². The van der Waals surface area contributed by atoms with Crippen LogP contribution in [0.2, 0.25) is 0 Å². The van der Waals surface area contributed by atoms with E-state index in [9.17, 15) is 8.42 Å². The van der Waals surface area contributed by atoms with Crippen molar-refractivity contribution in [2.45, 2.75) is 13.5 Å². The Morgan fingerprint density at radius 2 is 2.18 bits per heavy atom. The summed E-state index contributed by atoms with van der Waals surface area (Å²) in [5.74, 6) is -0.537. The molecule has 1 aromatic rings. The van der Waals surface area contributed by atoms with Crippen LogP contribution in [0.15, 0.2) is 24.3 Å². The molecule has 0 atom stereocenters. The minimum absolute atomic E-state index is 0.482. The summed E-state index contributed by atoms with van der Waals surface area (Å²) >= 11 is 0. The van der Waals surface area contributed by atoms with Crippen LogP contribution in [0.1, 0.15) is 12.5 Å². The molecule has 0 amide bonds. The summed E-state index contributed by atoms with van der Waals surface area (Å²) in [6.07, 6.45) is 0. The fourth-order valence-corrected chi connectivity index (χ4v) is 2.04. The Morgan fingerprint density at radius 3 is 2.82 bits per heavy atom. The number of sulfonamides is 1. The number of hydrogen-bond donors (Lipinski definition) is 2. The van der Waals surface area contributed by atoms with Crippen molar-refractivity contribution >= 4 is 15.7 Å². The maximum Gasteiger partial charge on any atom is 0.246 e. The molecule has 0 saturated carbocycles. The summed E-state index contributed by atoms with van der Waals surface area (Å²) in [5.41, 5.74) is 1.47. The molecule has 0 aliphatic rings. The standard InChI is InChI=1S/C11H15N3O2S/c1-2-13-9-10-4-3-5-11(8-10)14-17(15,16)7-6-12/h3-5,8,13-14H,2,7,9H2,1H3. The van der Waals surface area contributed by atoms with Crippen LogP contribution in [0.4, 0.5) is 5.69 Å². The number of nitrogens with one attached hydrogen (secondary N) is 2. The third-order valence-corrected chi connectivity index (χ3v) is 3.09. The van der Waals surface area contributed by atoms with Gasteiger partial charge in [0.05, 0.1) is 6.07 Å². The second-order valence-electron chi connectivity index (χ2n) is 3.50. The fraction of sp³-hybridized carbons (Fsp3) is 0.364. The first-order chi connectivity index (χ1) is 8.07. The van der Waals surface area contributed by atoms with Gasteiger partial charge >= 0.3 is 0 Å². The molecule has 0 spiro atoms. The lowest BCUT2D eigenvalue weighted by molar-refractivity contribution is 0.604. The molecule has 92 valence electrons. The topological polar surface area (TPSA) is 82.0 Å². The monoisotopic (exact) mass is 253 g/mol. The lowest BCUT2D eigenvalue weighted by atomic mass is 10.2. The van der Waals surface area contributed by atoms with Gasteiger partial charge in [-0.05, 0) is 24.2 Å². The Bertz CT molecular complexity index is 506. The molecular weight excluding hydrogens is 238 g/mol. The zero-order valence-electron chi connectivity index (χ0n) is 9.60. The van der Waals surface area contributed by atoms with E-state index in [2.05, 4.69) is 10.0 Å². The van der Waals surface area contributed by atoms with E-state index in [-0.39, 0.29) is 0 Å². The lowest BCUT2D eigenvalue weighted by Crippen LogP contribution is -2.16.